The second kappa shape index (κ2) is 7.76. The van der Waals surface area contributed by atoms with Gasteiger partial charge >= 0.3 is 0 Å². The van der Waals surface area contributed by atoms with E-state index >= 15 is 0 Å². The molecule has 6 nitrogen and oxygen atoms in total. The molecule has 3 amide bonds. The second-order valence-electron chi connectivity index (χ2n) is 6.94. The Kier molecular flexibility index (Phi) is 5.46. The van der Waals surface area contributed by atoms with Gasteiger partial charge in [0.15, 0.2) is 0 Å². The van der Waals surface area contributed by atoms with Gasteiger partial charge in [-0.3, -0.25) is 24.2 Å². The summed E-state index contributed by atoms with van der Waals surface area (Å²) in [5.41, 5.74) is 1.05. The lowest BCUT2D eigenvalue weighted by molar-refractivity contribution is -0.138. The number of aryl methyl sites for hydroxylation is 1. The van der Waals surface area contributed by atoms with E-state index in [0.717, 1.165) is 31.2 Å². The predicted octanol–water partition coefficient (Wildman–Crippen LogP) is 2.59. The van der Waals surface area contributed by atoms with Gasteiger partial charge in [-0.15, -0.1) is 0 Å². The molecule has 6 heteroatoms. The van der Waals surface area contributed by atoms with Crippen LogP contribution in [0.4, 0.5) is 5.82 Å². The van der Waals surface area contributed by atoms with Crippen molar-refractivity contribution in [2.75, 3.05) is 11.4 Å². The largest absolute Gasteiger partial charge is 0.294 e. The molecule has 3 rings (SSSR count). The maximum atomic E-state index is 12.9. The highest BCUT2D eigenvalue weighted by Crippen LogP contribution is 2.27. The SMILES string of the molecule is Cc1ccc(N(C(=O)CCN2C(=O)CCC2=O)C2CCCCC2)nc1. The molecule has 0 bridgehead atoms. The summed E-state index contributed by atoms with van der Waals surface area (Å²) < 4.78 is 0. The van der Waals surface area contributed by atoms with Crippen LogP contribution in [0.25, 0.3) is 0 Å². The maximum absolute atomic E-state index is 12.9. The molecule has 1 saturated heterocycles. The van der Waals surface area contributed by atoms with Crippen molar-refractivity contribution in [3.05, 3.63) is 23.9 Å². The summed E-state index contributed by atoms with van der Waals surface area (Å²) in [5, 5.41) is 0. The number of carbonyl (C=O) groups is 3. The number of pyridine rings is 1. The van der Waals surface area contributed by atoms with Gasteiger partial charge in [-0.25, -0.2) is 4.98 Å². The molecule has 0 radical (unpaired) electrons. The Morgan fingerprint density at radius 1 is 1.16 bits per heavy atom. The summed E-state index contributed by atoms with van der Waals surface area (Å²) in [5.74, 6) is 0.267. The fourth-order valence-corrected chi connectivity index (χ4v) is 3.66. The minimum atomic E-state index is -0.171. The first-order valence-electron chi connectivity index (χ1n) is 9.14. The van der Waals surface area contributed by atoms with E-state index in [9.17, 15) is 14.4 Å². The normalized spacial score (nSPS) is 18.7. The van der Waals surface area contributed by atoms with Gasteiger partial charge in [0.25, 0.3) is 0 Å². The topological polar surface area (TPSA) is 70.6 Å². The molecule has 0 unspecified atom stereocenters. The highest BCUT2D eigenvalue weighted by molar-refractivity contribution is 6.02. The number of nitrogens with zero attached hydrogens (tertiary/aromatic N) is 3. The molecule has 1 aromatic heterocycles. The molecule has 2 fully saturated rings. The van der Waals surface area contributed by atoms with Gasteiger partial charge in [-0.2, -0.15) is 0 Å². The van der Waals surface area contributed by atoms with E-state index in [1.807, 2.05) is 19.1 Å². The van der Waals surface area contributed by atoms with Crippen LogP contribution in [0.15, 0.2) is 18.3 Å². The lowest BCUT2D eigenvalue weighted by atomic mass is 9.94. The second-order valence-corrected chi connectivity index (χ2v) is 6.94. The lowest BCUT2D eigenvalue weighted by Gasteiger charge is -2.34. The van der Waals surface area contributed by atoms with E-state index in [2.05, 4.69) is 4.98 Å². The Hall–Kier alpha value is -2.24. The average molecular weight is 343 g/mol. The number of imide groups is 1. The first-order valence-corrected chi connectivity index (χ1v) is 9.14. The molecular weight excluding hydrogens is 318 g/mol. The molecule has 0 N–H and O–H groups in total. The number of anilines is 1. The molecule has 0 atom stereocenters. The third-order valence-electron chi connectivity index (χ3n) is 5.06. The Bertz CT molecular complexity index is 634. The summed E-state index contributed by atoms with van der Waals surface area (Å²) in [6, 6.07) is 3.99. The maximum Gasteiger partial charge on any atom is 0.230 e. The van der Waals surface area contributed by atoms with Crippen molar-refractivity contribution in [1.82, 2.24) is 9.88 Å². The number of likely N-dealkylation sites (tertiary alicyclic amines) is 1. The van der Waals surface area contributed by atoms with Gasteiger partial charge in [0, 0.05) is 38.0 Å². The van der Waals surface area contributed by atoms with Gasteiger partial charge in [0.05, 0.1) is 0 Å². The Morgan fingerprint density at radius 2 is 1.84 bits per heavy atom. The highest BCUT2D eigenvalue weighted by Gasteiger charge is 2.32. The van der Waals surface area contributed by atoms with Gasteiger partial charge in [0.1, 0.15) is 5.82 Å². The van der Waals surface area contributed by atoms with Crippen molar-refractivity contribution in [2.45, 2.75) is 64.3 Å². The fourth-order valence-electron chi connectivity index (χ4n) is 3.66. The summed E-state index contributed by atoms with van der Waals surface area (Å²) in [6.07, 6.45) is 7.84. The standard InChI is InChI=1S/C19H25N3O3/c1-14-7-8-16(20-13-14)22(15-5-3-2-4-6-15)19(25)11-12-21-17(23)9-10-18(21)24/h7-8,13,15H,2-6,9-12H2,1H3. The van der Waals surface area contributed by atoms with E-state index in [4.69, 9.17) is 0 Å². The van der Waals surface area contributed by atoms with Crippen molar-refractivity contribution in [3.63, 3.8) is 0 Å². The van der Waals surface area contributed by atoms with Crippen LogP contribution in [-0.4, -0.2) is 40.2 Å². The average Bonchev–Trinajstić information content (AvgIpc) is 2.94. The molecule has 134 valence electrons. The molecule has 0 spiro atoms. The van der Waals surface area contributed by atoms with Crippen molar-refractivity contribution in [3.8, 4) is 0 Å². The van der Waals surface area contributed by atoms with Crippen molar-refractivity contribution in [2.24, 2.45) is 0 Å². The van der Waals surface area contributed by atoms with Gasteiger partial charge < -0.3 is 0 Å². The molecule has 1 saturated carbocycles. The minimum Gasteiger partial charge on any atom is -0.294 e. The van der Waals surface area contributed by atoms with Crippen LogP contribution < -0.4 is 4.90 Å². The van der Waals surface area contributed by atoms with E-state index < -0.39 is 0 Å². The number of carbonyl (C=O) groups excluding carboxylic acids is 3. The van der Waals surface area contributed by atoms with Crippen molar-refractivity contribution >= 4 is 23.5 Å². The van der Waals surface area contributed by atoms with Crippen LogP contribution in [0.1, 0.15) is 56.9 Å². The first kappa shape index (κ1) is 17.6. The van der Waals surface area contributed by atoms with Gasteiger partial charge in [-0.05, 0) is 31.4 Å². The summed E-state index contributed by atoms with van der Waals surface area (Å²) in [4.78, 5) is 43.9. The number of hydrogen-bond acceptors (Lipinski definition) is 4. The minimum absolute atomic E-state index is 0.0595. The van der Waals surface area contributed by atoms with Crippen LogP contribution in [0, 0.1) is 6.92 Å². The highest BCUT2D eigenvalue weighted by atomic mass is 16.2. The Labute approximate surface area is 148 Å². The molecule has 1 aliphatic heterocycles. The summed E-state index contributed by atoms with van der Waals surface area (Å²) in [7, 11) is 0. The summed E-state index contributed by atoms with van der Waals surface area (Å²) in [6.45, 7) is 2.14. The Morgan fingerprint density at radius 3 is 2.44 bits per heavy atom. The molecule has 1 aliphatic carbocycles. The van der Waals surface area contributed by atoms with Crippen molar-refractivity contribution in [1.29, 1.82) is 0 Å². The molecular formula is C19H25N3O3. The lowest BCUT2D eigenvalue weighted by Crippen LogP contribution is -2.44. The first-order chi connectivity index (χ1) is 12.1. The Balaban J connectivity index is 1.73. The van der Waals surface area contributed by atoms with E-state index in [1.165, 1.54) is 11.3 Å². The molecule has 2 heterocycles. The number of amides is 3. The van der Waals surface area contributed by atoms with Crippen LogP contribution in [0.3, 0.4) is 0 Å². The van der Waals surface area contributed by atoms with E-state index in [-0.39, 0.29) is 49.6 Å². The molecule has 0 aromatic carbocycles. The van der Waals surface area contributed by atoms with Crippen LogP contribution in [0.2, 0.25) is 0 Å². The molecule has 25 heavy (non-hydrogen) atoms. The quantitative estimate of drug-likeness (QED) is 0.771. The van der Waals surface area contributed by atoms with E-state index in [1.54, 1.807) is 11.1 Å². The zero-order valence-corrected chi connectivity index (χ0v) is 14.7. The smallest absolute Gasteiger partial charge is 0.230 e. The third kappa shape index (κ3) is 4.06. The summed E-state index contributed by atoms with van der Waals surface area (Å²) >= 11 is 0. The predicted molar refractivity (Wildman–Crippen MR) is 93.9 cm³/mol. The monoisotopic (exact) mass is 343 g/mol. The zero-order valence-electron chi connectivity index (χ0n) is 14.7. The molecule has 1 aromatic rings. The van der Waals surface area contributed by atoms with Gasteiger partial charge in [-0.1, -0.05) is 25.3 Å². The van der Waals surface area contributed by atoms with Gasteiger partial charge in [0.2, 0.25) is 17.7 Å². The fraction of sp³-hybridized carbons (Fsp3) is 0.579. The zero-order chi connectivity index (χ0) is 17.8. The number of rotatable bonds is 5. The number of hydrogen-bond donors (Lipinski definition) is 0. The van der Waals surface area contributed by atoms with Crippen molar-refractivity contribution < 1.29 is 14.4 Å². The van der Waals surface area contributed by atoms with Crippen LogP contribution in [0.5, 0.6) is 0 Å². The number of aromatic nitrogens is 1. The van der Waals surface area contributed by atoms with E-state index in [0.29, 0.717) is 5.82 Å². The molecule has 2 aliphatic rings. The third-order valence-corrected chi connectivity index (χ3v) is 5.06. The van der Waals surface area contributed by atoms with Crippen LogP contribution in [-0.2, 0) is 14.4 Å². The van der Waals surface area contributed by atoms with Crippen LogP contribution >= 0.6 is 0 Å².